The van der Waals surface area contributed by atoms with Crippen LogP contribution in [-0.2, 0) is 4.74 Å². The van der Waals surface area contributed by atoms with E-state index in [1.165, 1.54) is 11.1 Å². The smallest absolute Gasteiger partial charge is 0.105 e. The van der Waals surface area contributed by atoms with Crippen molar-refractivity contribution >= 4 is 6.08 Å². The predicted molar refractivity (Wildman–Crippen MR) is 137 cm³/mol. The number of hydrogen-bond donors (Lipinski definition) is 2. The zero-order valence-corrected chi connectivity index (χ0v) is 21.5. The van der Waals surface area contributed by atoms with E-state index in [0.717, 1.165) is 30.4 Å². The van der Waals surface area contributed by atoms with Gasteiger partial charge in [0.1, 0.15) is 6.10 Å². The fourth-order valence-electron chi connectivity index (χ4n) is 8.05. The number of likely N-dealkylation sites (N-methyl/N-ethyl adjacent to an activating group) is 1. The van der Waals surface area contributed by atoms with Crippen LogP contribution >= 0.6 is 0 Å². The molecule has 0 amide bonds. The Hall–Kier alpha value is -2.05. The van der Waals surface area contributed by atoms with Crippen LogP contribution in [0.15, 0.2) is 65.5 Å². The summed E-state index contributed by atoms with van der Waals surface area (Å²) in [6.07, 6.45) is 17.0. The van der Waals surface area contributed by atoms with Gasteiger partial charge in [-0.05, 0) is 73.5 Å². The van der Waals surface area contributed by atoms with E-state index >= 15 is 0 Å². The molecule has 2 bridgehead atoms. The second-order valence-corrected chi connectivity index (χ2v) is 12.3. The maximum atomic E-state index is 11.2. The molecule has 2 fully saturated rings. The van der Waals surface area contributed by atoms with Gasteiger partial charge in [-0.1, -0.05) is 57.2 Å². The zero-order valence-electron chi connectivity index (χ0n) is 21.5. The second-order valence-electron chi connectivity index (χ2n) is 12.3. The van der Waals surface area contributed by atoms with Gasteiger partial charge in [0.05, 0.1) is 17.3 Å². The molecule has 0 radical (unpaired) electrons. The first-order chi connectivity index (χ1) is 16.5. The Labute approximate surface area is 208 Å². The number of pyridine rings is 1. The third-order valence-electron chi connectivity index (χ3n) is 10.3. The lowest BCUT2D eigenvalue weighted by atomic mass is 9.49. The largest absolute Gasteiger partial charge is 0.388 e. The van der Waals surface area contributed by atoms with E-state index in [2.05, 4.69) is 62.2 Å². The van der Waals surface area contributed by atoms with Gasteiger partial charge in [-0.3, -0.25) is 4.98 Å². The minimum atomic E-state index is -0.899. The van der Waals surface area contributed by atoms with E-state index in [0.29, 0.717) is 12.3 Å². The Morgan fingerprint density at radius 1 is 1.14 bits per heavy atom. The lowest BCUT2D eigenvalue weighted by molar-refractivity contribution is -0.171. The molecule has 1 saturated carbocycles. The number of aliphatic hydroxyl groups is 2. The van der Waals surface area contributed by atoms with Crippen LogP contribution in [0.1, 0.15) is 52.0 Å². The van der Waals surface area contributed by atoms with Crippen LogP contribution in [0, 0.1) is 16.7 Å². The molecule has 5 nitrogen and oxygen atoms in total. The van der Waals surface area contributed by atoms with Crippen molar-refractivity contribution in [3.63, 3.8) is 0 Å². The minimum absolute atomic E-state index is 0.0835. The molecular weight excluding hydrogens is 436 g/mol. The summed E-state index contributed by atoms with van der Waals surface area (Å²) < 4.78 is 7.26. The zero-order chi connectivity index (χ0) is 24.8. The van der Waals surface area contributed by atoms with Crippen LogP contribution in [0.2, 0.25) is 0 Å². The first kappa shape index (κ1) is 23.4. The topological polar surface area (TPSA) is 65.8 Å². The van der Waals surface area contributed by atoms with Crippen LogP contribution in [0.4, 0.5) is 0 Å². The lowest BCUT2D eigenvalue weighted by Crippen LogP contribution is -2.63. The van der Waals surface area contributed by atoms with Crippen LogP contribution in [-0.4, -0.2) is 63.6 Å². The molecule has 1 aromatic heterocycles. The van der Waals surface area contributed by atoms with Crippen molar-refractivity contribution < 1.29 is 14.9 Å². The highest BCUT2D eigenvalue weighted by Gasteiger charge is 2.69. The fourth-order valence-corrected chi connectivity index (χ4v) is 8.05. The maximum Gasteiger partial charge on any atom is 0.105 e. The first-order valence-corrected chi connectivity index (χ1v) is 13.0. The maximum absolute atomic E-state index is 11.2. The summed E-state index contributed by atoms with van der Waals surface area (Å²) in [6.45, 7) is 7.09. The number of nitrogens with zero attached hydrogens (tertiary/aromatic N) is 2. The van der Waals surface area contributed by atoms with E-state index in [9.17, 15) is 10.2 Å². The minimum Gasteiger partial charge on any atom is -0.388 e. The molecule has 186 valence electrons. The Morgan fingerprint density at radius 3 is 2.66 bits per heavy atom. The quantitative estimate of drug-likeness (QED) is 0.684. The third kappa shape index (κ3) is 2.99. The molecule has 3 aliphatic carbocycles. The fraction of sp³-hybridized carbons (Fsp3) is 0.567. The molecule has 6 rings (SSSR count). The van der Waals surface area contributed by atoms with Gasteiger partial charge in [0.25, 0.3) is 0 Å². The van der Waals surface area contributed by atoms with Gasteiger partial charge in [0, 0.05) is 29.8 Å². The predicted octanol–water partition coefficient (Wildman–Crippen LogP) is 4.30. The number of hydrogen-bond acceptors (Lipinski definition) is 5. The standard InChI is InChI=1S/C30H38N2O3/c1-27(2)16-21-15-22-25(33)26(34)23(32(4)5)17-29(22)12-13-30(21,35-29)24-11-10-20(28(24,27)3)9-8-19-7-6-14-31-18-19/h6-10,14-16,18,23-26,33-34H,11-13,17H2,1-5H3. The molecule has 7 unspecified atom stereocenters. The van der Waals surface area contributed by atoms with Crippen LogP contribution < -0.4 is 0 Å². The van der Waals surface area contributed by atoms with E-state index < -0.39 is 17.8 Å². The van der Waals surface area contributed by atoms with Crippen molar-refractivity contribution in [1.29, 1.82) is 0 Å². The number of ether oxygens (including phenoxy) is 1. The lowest BCUT2D eigenvalue weighted by Gasteiger charge is -2.60. The molecule has 7 atom stereocenters. The van der Waals surface area contributed by atoms with Crippen molar-refractivity contribution in [3.8, 4) is 0 Å². The van der Waals surface area contributed by atoms with Gasteiger partial charge in [0.15, 0.2) is 0 Å². The molecule has 5 heteroatoms. The summed E-state index contributed by atoms with van der Waals surface area (Å²) in [4.78, 5) is 6.29. The number of fused-ring (bicyclic) bond motifs is 1. The highest BCUT2D eigenvalue weighted by Crippen LogP contribution is 2.70. The monoisotopic (exact) mass is 474 g/mol. The molecule has 0 aromatic carbocycles. The van der Waals surface area contributed by atoms with Crippen LogP contribution in [0.5, 0.6) is 0 Å². The Morgan fingerprint density at radius 2 is 1.94 bits per heavy atom. The average Bonchev–Trinajstić information content (AvgIpc) is 3.34. The highest BCUT2D eigenvalue weighted by atomic mass is 16.5. The summed E-state index contributed by atoms with van der Waals surface area (Å²) in [5, 5.41) is 22.1. The number of allylic oxidation sites excluding steroid dienone is 4. The van der Waals surface area contributed by atoms with Crippen LogP contribution in [0.25, 0.3) is 6.08 Å². The normalized spacial score (nSPS) is 43.4. The highest BCUT2D eigenvalue weighted by molar-refractivity contribution is 5.58. The summed E-state index contributed by atoms with van der Waals surface area (Å²) in [6, 6.07) is 3.93. The van der Waals surface area contributed by atoms with Gasteiger partial charge >= 0.3 is 0 Å². The van der Waals surface area contributed by atoms with Crippen molar-refractivity contribution in [2.45, 2.75) is 75.9 Å². The summed E-state index contributed by atoms with van der Waals surface area (Å²) in [5.74, 6) is 0.317. The second kappa shape index (κ2) is 7.48. The summed E-state index contributed by atoms with van der Waals surface area (Å²) >= 11 is 0. The van der Waals surface area contributed by atoms with Crippen molar-refractivity contribution in [2.24, 2.45) is 16.7 Å². The van der Waals surface area contributed by atoms with Crippen molar-refractivity contribution in [2.75, 3.05) is 14.1 Å². The molecule has 2 spiro atoms. The average molecular weight is 475 g/mol. The van der Waals surface area contributed by atoms with Gasteiger partial charge in [-0.25, -0.2) is 0 Å². The molecular formula is C30H38N2O3. The molecule has 3 heterocycles. The number of aliphatic hydroxyl groups excluding tert-OH is 2. The van der Waals surface area contributed by atoms with Gasteiger partial charge in [-0.15, -0.1) is 0 Å². The van der Waals surface area contributed by atoms with Crippen LogP contribution in [0.3, 0.4) is 0 Å². The van der Waals surface area contributed by atoms with E-state index in [1.54, 1.807) is 6.20 Å². The molecule has 2 N–H and O–H groups in total. The number of rotatable bonds is 3. The van der Waals surface area contributed by atoms with Gasteiger partial charge in [-0.2, -0.15) is 0 Å². The van der Waals surface area contributed by atoms with Gasteiger partial charge < -0.3 is 19.8 Å². The Balaban J connectivity index is 1.43. The van der Waals surface area contributed by atoms with Crippen molar-refractivity contribution in [3.05, 3.63) is 71.1 Å². The van der Waals surface area contributed by atoms with E-state index in [-0.39, 0.29) is 22.5 Å². The molecule has 1 saturated heterocycles. The molecule has 35 heavy (non-hydrogen) atoms. The third-order valence-corrected chi connectivity index (χ3v) is 10.3. The van der Waals surface area contributed by atoms with Gasteiger partial charge in [0.2, 0.25) is 0 Å². The Bertz CT molecular complexity index is 1170. The van der Waals surface area contributed by atoms with E-state index in [4.69, 9.17) is 4.74 Å². The number of aromatic nitrogens is 1. The molecule has 1 aromatic rings. The first-order valence-electron chi connectivity index (χ1n) is 13.0. The van der Waals surface area contributed by atoms with Crippen molar-refractivity contribution in [1.82, 2.24) is 9.88 Å². The SMILES string of the molecule is CN(C)C1CC23CCC4(O2)C(=CC(C)(C)C2(C)C(C=Cc5cccnc5)=CCC42)C=C3C(O)C1O. The summed E-state index contributed by atoms with van der Waals surface area (Å²) in [7, 11) is 3.96. The van der Waals surface area contributed by atoms with E-state index in [1.807, 2.05) is 31.3 Å². The Kier molecular flexibility index (Phi) is 4.99. The molecule has 5 aliphatic rings. The summed E-state index contributed by atoms with van der Waals surface area (Å²) in [5.41, 5.74) is 3.51. The molecule has 2 aliphatic heterocycles.